The molecule has 1 amide bonds. The normalized spacial score (nSPS) is 12.0. The zero-order valence-corrected chi connectivity index (χ0v) is 16.1. The van der Waals surface area contributed by atoms with Crippen LogP contribution < -0.4 is 20.1 Å². The maximum atomic E-state index is 12.7. The van der Waals surface area contributed by atoms with Crippen molar-refractivity contribution in [2.75, 3.05) is 24.9 Å². The fourth-order valence-corrected chi connectivity index (χ4v) is 3.31. The van der Waals surface area contributed by atoms with Gasteiger partial charge in [-0.1, -0.05) is 6.07 Å². The molecule has 0 aromatic heterocycles. The van der Waals surface area contributed by atoms with Gasteiger partial charge in [0.1, 0.15) is 0 Å². The van der Waals surface area contributed by atoms with Crippen molar-refractivity contribution in [3.63, 3.8) is 0 Å². The van der Waals surface area contributed by atoms with Gasteiger partial charge < -0.3 is 25.2 Å². The molecule has 0 saturated carbocycles. The number of rotatable bonds is 4. The number of phenolic OH excluding ortho intramolecular Hbond substituents is 1. The van der Waals surface area contributed by atoms with Crippen LogP contribution in [0.2, 0.25) is 0 Å². The Morgan fingerprint density at radius 1 is 0.867 bits per heavy atom. The first-order valence-electron chi connectivity index (χ1n) is 8.87. The average molecular weight is 407 g/mol. The van der Waals surface area contributed by atoms with Crippen LogP contribution >= 0.6 is 0 Å². The van der Waals surface area contributed by atoms with E-state index in [1.54, 1.807) is 30.3 Å². The Morgan fingerprint density at radius 2 is 1.53 bits per heavy atom. The number of phenols is 1. The molecule has 1 aliphatic rings. The molecule has 9 nitrogen and oxygen atoms in total. The van der Waals surface area contributed by atoms with E-state index in [0.717, 1.165) is 5.56 Å². The van der Waals surface area contributed by atoms with E-state index in [1.807, 2.05) is 0 Å². The molecule has 0 unspecified atom stereocenters. The lowest BCUT2D eigenvalue weighted by Gasteiger charge is -2.12. The first kappa shape index (κ1) is 19.1. The van der Waals surface area contributed by atoms with Crippen LogP contribution in [-0.2, 0) is 0 Å². The first-order chi connectivity index (χ1) is 14.4. The second kappa shape index (κ2) is 7.28. The van der Waals surface area contributed by atoms with Gasteiger partial charge in [0.25, 0.3) is 5.91 Å². The number of nitrogens with zero attached hydrogens (tertiary/aromatic N) is 1. The predicted molar refractivity (Wildman–Crippen MR) is 111 cm³/mol. The number of ether oxygens (including phenoxy) is 2. The number of carbonyl (C=O) groups excluding carboxylic acids is 1. The van der Waals surface area contributed by atoms with E-state index in [2.05, 4.69) is 10.6 Å². The molecule has 0 spiro atoms. The predicted octanol–water partition coefficient (Wildman–Crippen LogP) is 4.29. The lowest BCUT2D eigenvalue weighted by atomic mass is 10.0. The summed E-state index contributed by atoms with van der Waals surface area (Å²) in [5.41, 5.74) is 3.16. The summed E-state index contributed by atoms with van der Waals surface area (Å²) in [6, 6.07) is 12.7. The SMILES string of the molecule is COc1cc2c(cc1O)Nc1cc(-c3ccc([N+](=O)[O-])c(OC)c3)ccc1C(=O)N2. The molecule has 0 aliphatic carbocycles. The van der Waals surface area contributed by atoms with Gasteiger partial charge in [-0.15, -0.1) is 0 Å². The highest BCUT2D eigenvalue weighted by atomic mass is 16.6. The summed E-state index contributed by atoms with van der Waals surface area (Å²) in [6.07, 6.45) is 0. The maximum Gasteiger partial charge on any atom is 0.310 e. The van der Waals surface area contributed by atoms with Crippen molar-refractivity contribution in [1.29, 1.82) is 0 Å². The Bertz CT molecular complexity index is 1190. The second-order valence-corrected chi connectivity index (χ2v) is 6.55. The number of nitro benzene ring substituents is 1. The maximum absolute atomic E-state index is 12.7. The van der Waals surface area contributed by atoms with E-state index in [1.165, 1.54) is 32.4 Å². The van der Waals surface area contributed by atoms with Crippen molar-refractivity contribution in [1.82, 2.24) is 0 Å². The number of nitrogens with one attached hydrogen (secondary N) is 2. The average Bonchev–Trinajstić information content (AvgIpc) is 2.87. The summed E-state index contributed by atoms with van der Waals surface area (Å²) < 4.78 is 10.2. The monoisotopic (exact) mass is 407 g/mol. The van der Waals surface area contributed by atoms with Crippen molar-refractivity contribution < 1.29 is 24.3 Å². The summed E-state index contributed by atoms with van der Waals surface area (Å²) in [6.45, 7) is 0. The standard InChI is InChI=1S/C21H17N3O6/c1-29-19-8-12(4-6-17(19)24(27)28)11-3-5-13-14(7-11)22-15-9-18(25)20(30-2)10-16(15)23-21(13)26/h3-10,22,25H,1-2H3,(H,23,26). The van der Waals surface area contributed by atoms with Gasteiger partial charge in [0.05, 0.1) is 41.8 Å². The van der Waals surface area contributed by atoms with Gasteiger partial charge in [-0.05, 0) is 35.4 Å². The van der Waals surface area contributed by atoms with Gasteiger partial charge in [-0.25, -0.2) is 0 Å². The van der Waals surface area contributed by atoms with Crippen molar-refractivity contribution in [3.8, 4) is 28.4 Å². The molecule has 3 aromatic carbocycles. The lowest BCUT2D eigenvalue weighted by molar-refractivity contribution is -0.385. The van der Waals surface area contributed by atoms with E-state index in [4.69, 9.17) is 9.47 Å². The van der Waals surface area contributed by atoms with Crippen molar-refractivity contribution in [2.45, 2.75) is 0 Å². The zero-order valence-electron chi connectivity index (χ0n) is 16.1. The Balaban J connectivity index is 1.78. The molecule has 0 saturated heterocycles. The minimum atomic E-state index is -0.511. The first-order valence-corrected chi connectivity index (χ1v) is 8.87. The Hall–Kier alpha value is -4.27. The molecule has 30 heavy (non-hydrogen) atoms. The van der Waals surface area contributed by atoms with Crippen molar-refractivity contribution >= 4 is 28.7 Å². The minimum absolute atomic E-state index is 0.0716. The Labute approximate surface area is 171 Å². The number of benzene rings is 3. The number of fused-ring (bicyclic) bond motifs is 2. The molecular formula is C21H17N3O6. The fourth-order valence-electron chi connectivity index (χ4n) is 3.31. The van der Waals surface area contributed by atoms with Gasteiger partial charge in [-0.2, -0.15) is 0 Å². The fraction of sp³-hybridized carbons (Fsp3) is 0.0952. The Morgan fingerprint density at radius 3 is 2.23 bits per heavy atom. The summed E-state index contributed by atoms with van der Waals surface area (Å²) >= 11 is 0. The molecule has 4 rings (SSSR count). The van der Waals surface area contributed by atoms with Gasteiger partial charge in [0, 0.05) is 18.2 Å². The highest BCUT2D eigenvalue weighted by molar-refractivity contribution is 6.12. The Kier molecular flexibility index (Phi) is 4.63. The van der Waals surface area contributed by atoms with E-state index >= 15 is 0 Å². The van der Waals surface area contributed by atoms with Crippen molar-refractivity contribution in [2.24, 2.45) is 0 Å². The molecule has 9 heteroatoms. The van der Waals surface area contributed by atoms with E-state index in [0.29, 0.717) is 28.2 Å². The molecule has 3 N–H and O–H groups in total. The summed E-state index contributed by atoms with van der Waals surface area (Å²) in [5, 5.41) is 27.2. The molecular weight excluding hydrogens is 390 g/mol. The van der Waals surface area contributed by atoms with Gasteiger partial charge in [-0.3, -0.25) is 14.9 Å². The molecule has 0 bridgehead atoms. The molecule has 152 valence electrons. The quantitative estimate of drug-likeness (QED) is 0.335. The highest BCUT2D eigenvalue weighted by Crippen LogP contribution is 2.41. The molecule has 0 radical (unpaired) electrons. The largest absolute Gasteiger partial charge is 0.504 e. The number of hydrogen-bond donors (Lipinski definition) is 3. The van der Waals surface area contributed by atoms with Crippen LogP contribution in [0.25, 0.3) is 11.1 Å². The third-order valence-corrected chi connectivity index (χ3v) is 4.81. The number of anilines is 3. The minimum Gasteiger partial charge on any atom is -0.504 e. The van der Waals surface area contributed by atoms with Crippen LogP contribution in [0.15, 0.2) is 48.5 Å². The van der Waals surface area contributed by atoms with Crippen LogP contribution in [0.1, 0.15) is 10.4 Å². The number of carbonyl (C=O) groups is 1. The zero-order chi connectivity index (χ0) is 21.4. The number of hydrogen-bond acceptors (Lipinski definition) is 7. The third kappa shape index (κ3) is 3.22. The van der Waals surface area contributed by atoms with Gasteiger partial charge >= 0.3 is 5.69 Å². The van der Waals surface area contributed by atoms with Crippen LogP contribution in [0.4, 0.5) is 22.7 Å². The lowest BCUT2D eigenvalue weighted by Crippen LogP contribution is -2.10. The number of amides is 1. The highest BCUT2D eigenvalue weighted by Gasteiger charge is 2.22. The van der Waals surface area contributed by atoms with Crippen LogP contribution in [0, 0.1) is 10.1 Å². The molecule has 3 aromatic rings. The van der Waals surface area contributed by atoms with Gasteiger partial charge in [0.15, 0.2) is 17.2 Å². The van der Waals surface area contributed by atoms with Crippen LogP contribution in [-0.4, -0.2) is 30.2 Å². The van der Waals surface area contributed by atoms with Crippen molar-refractivity contribution in [3.05, 3.63) is 64.2 Å². The second-order valence-electron chi connectivity index (χ2n) is 6.55. The van der Waals surface area contributed by atoms with E-state index in [9.17, 15) is 20.0 Å². The molecule has 1 heterocycles. The number of methoxy groups -OCH3 is 2. The summed E-state index contributed by atoms with van der Waals surface area (Å²) in [5.74, 6) is -0.0180. The molecule has 0 atom stereocenters. The summed E-state index contributed by atoms with van der Waals surface area (Å²) in [7, 11) is 2.79. The third-order valence-electron chi connectivity index (χ3n) is 4.81. The van der Waals surface area contributed by atoms with Gasteiger partial charge in [0.2, 0.25) is 0 Å². The van der Waals surface area contributed by atoms with Crippen LogP contribution in [0.5, 0.6) is 17.2 Å². The number of nitro groups is 1. The van der Waals surface area contributed by atoms with Crippen LogP contribution in [0.3, 0.4) is 0 Å². The van der Waals surface area contributed by atoms with E-state index < -0.39 is 4.92 Å². The molecule has 0 fully saturated rings. The smallest absolute Gasteiger partial charge is 0.310 e. The molecule has 1 aliphatic heterocycles. The topological polar surface area (TPSA) is 123 Å². The summed E-state index contributed by atoms with van der Waals surface area (Å²) in [4.78, 5) is 23.3. The van der Waals surface area contributed by atoms with E-state index in [-0.39, 0.29) is 28.8 Å². The number of aromatic hydroxyl groups is 1.